The van der Waals surface area contributed by atoms with Gasteiger partial charge in [-0.15, -0.1) is 0 Å². The van der Waals surface area contributed by atoms with Crippen LogP contribution in [0.25, 0.3) is 0 Å². The third-order valence-corrected chi connectivity index (χ3v) is 4.99. The van der Waals surface area contributed by atoms with E-state index >= 15 is 0 Å². The van der Waals surface area contributed by atoms with Gasteiger partial charge in [0.2, 0.25) is 0 Å². The molecular formula is C15H19ClN2O2. The Morgan fingerprint density at radius 2 is 2.05 bits per heavy atom. The smallest absolute Gasteiger partial charge is 0.337 e. The van der Waals surface area contributed by atoms with E-state index in [2.05, 4.69) is 9.88 Å². The Labute approximate surface area is 123 Å². The fourth-order valence-corrected chi connectivity index (χ4v) is 3.99. The molecule has 1 N–H and O–H groups in total. The van der Waals surface area contributed by atoms with Crippen LogP contribution >= 0.6 is 11.6 Å². The molecule has 5 heteroatoms. The van der Waals surface area contributed by atoms with Crippen LogP contribution in [0.15, 0.2) is 12.3 Å². The lowest BCUT2D eigenvalue weighted by atomic mass is 9.78. The maximum absolute atomic E-state index is 11.2. The molecule has 1 saturated carbocycles. The van der Waals surface area contributed by atoms with Gasteiger partial charge in [0.15, 0.2) is 0 Å². The second-order valence-electron chi connectivity index (χ2n) is 5.75. The number of nitrogens with zero attached hydrogens (tertiary/aromatic N) is 2. The van der Waals surface area contributed by atoms with Crippen molar-refractivity contribution in [3.05, 3.63) is 22.8 Å². The Kier molecular flexibility index (Phi) is 3.83. The number of carbonyl (C=O) groups is 1. The predicted molar refractivity (Wildman–Crippen MR) is 78.5 cm³/mol. The van der Waals surface area contributed by atoms with Crippen molar-refractivity contribution in [1.82, 2.24) is 4.98 Å². The Balaban J connectivity index is 1.95. The Bertz CT molecular complexity index is 519. The highest BCUT2D eigenvalue weighted by Crippen LogP contribution is 2.39. The number of hydrogen-bond acceptors (Lipinski definition) is 3. The molecule has 0 bridgehead atoms. The Morgan fingerprint density at radius 3 is 2.85 bits per heavy atom. The van der Waals surface area contributed by atoms with E-state index in [1.165, 1.54) is 38.2 Å². The van der Waals surface area contributed by atoms with Gasteiger partial charge < -0.3 is 10.0 Å². The summed E-state index contributed by atoms with van der Waals surface area (Å²) in [5.74, 6) is 0.378. The zero-order valence-electron chi connectivity index (χ0n) is 11.4. The van der Waals surface area contributed by atoms with Gasteiger partial charge in [0.1, 0.15) is 5.82 Å². The summed E-state index contributed by atoms with van der Waals surface area (Å²) in [6, 6.07) is 1.95. The molecule has 0 spiro atoms. The van der Waals surface area contributed by atoms with Crippen LogP contribution in [0, 0.1) is 5.92 Å². The number of piperidine rings is 1. The highest BCUT2D eigenvalue weighted by Gasteiger charge is 2.35. The lowest BCUT2D eigenvalue weighted by molar-refractivity contribution is 0.0697. The molecule has 0 radical (unpaired) electrons. The molecule has 0 aromatic carbocycles. The van der Waals surface area contributed by atoms with Crippen molar-refractivity contribution in [3.8, 4) is 0 Å². The molecule has 108 valence electrons. The van der Waals surface area contributed by atoms with Crippen molar-refractivity contribution in [2.24, 2.45) is 5.92 Å². The first-order valence-corrected chi connectivity index (χ1v) is 7.70. The van der Waals surface area contributed by atoms with E-state index in [0.717, 1.165) is 13.0 Å². The number of aromatic nitrogens is 1. The summed E-state index contributed by atoms with van der Waals surface area (Å²) >= 11 is 6.28. The molecule has 2 atom stereocenters. The molecule has 1 aliphatic heterocycles. The summed E-state index contributed by atoms with van der Waals surface area (Å²) in [7, 11) is 0. The van der Waals surface area contributed by atoms with Crippen molar-refractivity contribution in [2.75, 3.05) is 11.4 Å². The number of aromatic carboxylic acids is 1. The highest BCUT2D eigenvalue weighted by molar-refractivity contribution is 6.35. The minimum Gasteiger partial charge on any atom is -0.478 e. The summed E-state index contributed by atoms with van der Waals surface area (Å²) in [4.78, 5) is 17.8. The normalized spacial score (nSPS) is 26.1. The van der Waals surface area contributed by atoms with Gasteiger partial charge in [0, 0.05) is 18.8 Å². The molecule has 2 heterocycles. The van der Waals surface area contributed by atoms with Gasteiger partial charge >= 0.3 is 5.97 Å². The molecular weight excluding hydrogens is 276 g/mol. The van der Waals surface area contributed by atoms with E-state index in [9.17, 15) is 9.90 Å². The molecule has 0 amide bonds. The number of fused-ring (bicyclic) bond motifs is 1. The number of pyridine rings is 1. The van der Waals surface area contributed by atoms with Crippen LogP contribution in [0.5, 0.6) is 0 Å². The predicted octanol–water partition coefficient (Wildman–Crippen LogP) is 3.59. The molecule has 1 saturated heterocycles. The zero-order chi connectivity index (χ0) is 14.1. The second kappa shape index (κ2) is 5.60. The zero-order valence-corrected chi connectivity index (χ0v) is 12.1. The molecule has 1 aromatic heterocycles. The summed E-state index contributed by atoms with van der Waals surface area (Å²) in [6.45, 7) is 0.928. The summed E-state index contributed by atoms with van der Waals surface area (Å²) in [5, 5.41) is 9.47. The SMILES string of the molecule is O=C(O)c1ccnc(N2CCCC3CCCCC32)c1Cl. The van der Waals surface area contributed by atoms with Crippen molar-refractivity contribution < 1.29 is 9.90 Å². The molecule has 2 aliphatic rings. The van der Waals surface area contributed by atoms with Gasteiger partial charge in [-0.25, -0.2) is 9.78 Å². The second-order valence-corrected chi connectivity index (χ2v) is 6.13. The van der Waals surface area contributed by atoms with Crippen molar-refractivity contribution in [2.45, 2.75) is 44.6 Å². The molecule has 3 rings (SSSR count). The fraction of sp³-hybridized carbons (Fsp3) is 0.600. The minimum absolute atomic E-state index is 0.148. The average molecular weight is 295 g/mol. The van der Waals surface area contributed by atoms with Gasteiger partial charge in [-0.1, -0.05) is 24.4 Å². The first-order valence-electron chi connectivity index (χ1n) is 7.33. The summed E-state index contributed by atoms with van der Waals surface area (Å²) in [5.41, 5.74) is 0.148. The van der Waals surface area contributed by atoms with Crippen molar-refractivity contribution in [3.63, 3.8) is 0 Å². The maximum atomic E-state index is 11.2. The molecule has 2 fully saturated rings. The number of carboxylic acids is 1. The molecule has 2 unspecified atom stereocenters. The van der Waals surface area contributed by atoms with E-state index in [1.54, 1.807) is 6.20 Å². The number of hydrogen-bond donors (Lipinski definition) is 1. The van der Waals surface area contributed by atoms with Crippen LogP contribution < -0.4 is 4.90 Å². The van der Waals surface area contributed by atoms with E-state index < -0.39 is 5.97 Å². The van der Waals surface area contributed by atoms with Gasteiger partial charge in [0.05, 0.1) is 10.6 Å². The molecule has 1 aliphatic carbocycles. The van der Waals surface area contributed by atoms with Gasteiger partial charge in [-0.05, 0) is 37.7 Å². The minimum atomic E-state index is -0.990. The number of carboxylic acid groups (broad SMARTS) is 1. The highest BCUT2D eigenvalue weighted by atomic mass is 35.5. The topological polar surface area (TPSA) is 53.4 Å². The average Bonchev–Trinajstić information content (AvgIpc) is 2.47. The lowest BCUT2D eigenvalue weighted by Crippen LogP contribution is -2.47. The van der Waals surface area contributed by atoms with Crippen LogP contribution in [0.3, 0.4) is 0 Å². The van der Waals surface area contributed by atoms with Crippen LogP contribution in [-0.2, 0) is 0 Å². The number of anilines is 1. The Morgan fingerprint density at radius 1 is 1.30 bits per heavy atom. The van der Waals surface area contributed by atoms with E-state index in [-0.39, 0.29) is 10.6 Å². The number of halogens is 1. The quantitative estimate of drug-likeness (QED) is 0.905. The standard InChI is InChI=1S/C15H19ClN2O2/c16-13-11(15(19)20)7-8-17-14(13)18-9-3-5-10-4-1-2-6-12(10)18/h7-8,10,12H,1-6,9H2,(H,19,20). The van der Waals surface area contributed by atoms with Crippen LogP contribution in [0.1, 0.15) is 48.9 Å². The van der Waals surface area contributed by atoms with Gasteiger partial charge in [-0.3, -0.25) is 0 Å². The van der Waals surface area contributed by atoms with Crippen LogP contribution in [-0.4, -0.2) is 28.6 Å². The van der Waals surface area contributed by atoms with Crippen molar-refractivity contribution in [1.29, 1.82) is 0 Å². The maximum Gasteiger partial charge on any atom is 0.337 e. The van der Waals surface area contributed by atoms with Gasteiger partial charge in [0.25, 0.3) is 0 Å². The van der Waals surface area contributed by atoms with Gasteiger partial charge in [-0.2, -0.15) is 0 Å². The molecule has 20 heavy (non-hydrogen) atoms. The third-order valence-electron chi connectivity index (χ3n) is 4.62. The largest absolute Gasteiger partial charge is 0.478 e. The lowest BCUT2D eigenvalue weighted by Gasteiger charge is -2.45. The van der Waals surface area contributed by atoms with E-state index in [4.69, 9.17) is 11.6 Å². The molecule has 1 aromatic rings. The van der Waals surface area contributed by atoms with Crippen LogP contribution in [0.4, 0.5) is 5.82 Å². The van der Waals surface area contributed by atoms with Crippen LogP contribution in [0.2, 0.25) is 5.02 Å². The monoisotopic (exact) mass is 294 g/mol. The van der Waals surface area contributed by atoms with Crippen molar-refractivity contribution >= 4 is 23.4 Å². The summed E-state index contributed by atoms with van der Waals surface area (Å²) in [6.07, 6.45) is 8.96. The Hall–Kier alpha value is -1.29. The van der Waals surface area contributed by atoms with E-state index in [1.807, 2.05) is 0 Å². The summed E-state index contributed by atoms with van der Waals surface area (Å²) < 4.78 is 0. The molecule has 4 nitrogen and oxygen atoms in total. The fourth-order valence-electron chi connectivity index (χ4n) is 3.69. The first-order chi connectivity index (χ1) is 9.68. The van der Waals surface area contributed by atoms with E-state index in [0.29, 0.717) is 17.8 Å². The first kappa shape index (κ1) is 13.7. The third kappa shape index (κ3) is 2.37. The number of rotatable bonds is 2.